The van der Waals surface area contributed by atoms with Crippen molar-refractivity contribution >= 4 is 10.0 Å². The fraction of sp³-hybridized carbons (Fsp3) is 0.250. The highest BCUT2D eigenvalue weighted by atomic mass is 32.2. The minimum Gasteiger partial charge on any atom is -0.225 e. The summed E-state index contributed by atoms with van der Waals surface area (Å²) in [5, 5.41) is 4.82. The summed E-state index contributed by atoms with van der Waals surface area (Å²) in [4.78, 5) is -0.284. The van der Waals surface area contributed by atoms with Gasteiger partial charge in [-0.15, -0.1) is 0 Å². The molecule has 3 nitrogen and oxygen atoms in total. The molecular formula is C8H9F2NO2S. The molecule has 6 heteroatoms. The van der Waals surface area contributed by atoms with Crippen LogP contribution in [0.5, 0.6) is 0 Å². The highest BCUT2D eigenvalue weighted by Gasteiger charge is 2.14. The number of sulfonamides is 1. The summed E-state index contributed by atoms with van der Waals surface area (Å²) in [7, 11) is -3.91. The van der Waals surface area contributed by atoms with Crippen LogP contribution in [-0.2, 0) is 10.0 Å². The first-order valence-electron chi connectivity index (χ1n) is 3.73. The molecular weight excluding hydrogens is 212 g/mol. The van der Waals surface area contributed by atoms with Gasteiger partial charge >= 0.3 is 0 Å². The molecule has 0 saturated heterocycles. The van der Waals surface area contributed by atoms with Gasteiger partial charge in [-0.3, -0.25) is 0 Å². The predicted octanol–water partition coefficient (Wildman–Crippen LogP) is 1.58. The number of primary sulfonamides is 1. The highest BCUT2D eigenvalue weighted by Crippen LogP contribution is 2.22. The van der Waals surface area contributed by atoms with E-state index in [1.54, 1.807) is 0 Å². The van der Waals surface area contributed by atoms with Crippen LogP contribution in [0.15, 0.2) is 23.1 Å². The van der Waals surface area contributed by atoms with E-state index in [1.165, 1.54) is 19.1 Å². The molecule has 2 N–H and O–H groups in total. The van der Waals surface area contributed by atoms with Crippen LogP contribution in [0.2, 0.25) is 0 Å². The fourth-order valence-electron chi connectivity index (χ4n) is 1.07. The Bertz CT molecular complexity index is 443. The number of halogens is 2. The van der Waals surface area contributed by atoms with Crippen LogP contribution in [-0.4, -0.2) is 8.42 Å². The number of rotatable bonds is 2. The molecule has 0 unspecified atom stereocenters. The Labute approximate surface area is 80.6 Å². The maximum Gasteiger partial charge on any atom is 0.263 e. The lowest BCUT2D eigenvalue weighted by Crippen LogP contribution is -2.12. The number of benzene rings is 1. The van der Waals surface area contributed by atoms with Gasteiger partial charge < -0.3 is 0 Å². The molecule has 0 aliphatic rings. The normalized spacial score (nSPS) is 12.1. The molecule has 0 radical (unpaired) electrons. The van der Waals surface area contributed by atoms with E-state index in [4.69, 9.17) is 5.14 Å². The zero-order valence-corrected chi connectivity index (χ0v) is 8.18. The number of hydrogen-bond acceptors (Lipinski definition) is 2. The van der Waals surface area contributed by atoms with Gasteiger partial charge in [0.05, 0.1) is 4.90 Å². The second-order valence-corrected chi connectivity index (χ2v) is 4.49. The molecule has 1 aromatic carbocycles. The topological polar surface area (TPSA) is 60.2 Å². The standard InChI is InChI=1S/C8H9F2NO2S/c1-5-2-6(8(9)10)4-7(3-5)14(11,12)13/h2-4,8H,1H3,(H2,11,12,13). The first-order valence-corrected chi connectivity index (χ1v) is 5.28. The van der Waals surface area contributed by atoms with E-state index in [9.17, 15) is 17.2 Å². The van der Waals surface area contributed by atoms with Crippen LogP contribution in [0.1, 0.15) is 17.6 Å². The van der Waals surface area contributed by atoms with Crippen molar-refractivity contribution < 1.29 is 17.2 Å². The van der Waals surface area contributed by atoms with E-state index in [0.29, 0.717) is 5.56 Å². The molecule has 1 rings (SSSR count). The fourth-order valence-corrected chi connectivity index (χ4v) is 1.72. The van der Waals surface area contributed by atoms with E-state index in [2.05, 4.69) is 0 Å². The summed E-state index contributed by atoms with van der Waals surface area (Å²) in [6, 6.07) is 3.35. The van der Waals surface area contributed by atoms with Crippen molar-refractivity contribution in [3.05, 3.63) is 29.3 Å². The van der Waals surface area contributed by atoms with Gasteiger partial charge in [0.25, 0.3) is 6.43 Å². The van der Waals surface area contributed by atoms with Gasteiger partial charge in [0.2, 0.25) is 10.0 Å². The summed E-state index contributed by atoms with van der Waals surface area (Å²) < 4.78 is 46.3. The van der Waals surface area contributed by atoms with E-state index in [0.717, 1.165) is 6.07 Å². The molecule has 0 atom stereocenters. The Morgan fingerprint density at radius 1 is 1.29 bits per heavy atom. The lowest BCUT2D eigenvalue weighted by atomic mass is 10.1. The zero-order valence-electron chi connectivity index (χ0n) is 7.37. The third-order valence-corrected chi connectivity index (χ3v) is 2.55. The first-order chi connectivity index (χ1) is 6.30. The lowest BCUT2D eigenvalue weighted by Gasteiger charge is -2.04. The number of nitrogens with two attached hydrogens (primary N) is 1. The number of aryl methyl sites for hydroxylation is 1. The van der Waals surface area contributed by atoms with Crippen LogP contribution < -0.4 is 5.14 Å². The van der Waals surface area contributed by atoms with Crippen LogP contribution >= 0.6 is 0 Å². The first kappa shape index (κ1) is 11.1. The second-order valence-electron chi connectivity index (χ2n) is 2.93. The Morgan fingerprint density at radius 2 is 1.86 bits per heavy atom. The summed E-state index contributed by atoms with van der Waals surface area (Å²) in [6.07, 6.45) is -2.70. The van der Waals surface area contributed by atoms with Gasteiger partial charge in [0.15, 0.2) is 0 Å². The van der Waals surface area contributed by atoms with Crippen molar-refractivity contribution in [3.63, 3.8) is 0 Å². The van der Waals surface area contributed by atoms with Crippen molar-refractivity contribution in [1.82, 2.24) is 0 Å². The van der Waals surface area contributed by atoms with Gasteiger partial charge in [-0.2, -0.15) is 0 Å². The molecule has 0 aliphatic carbocycles. The van der Waals surface area contributed by atoms with E-state index in [-0.39, 0.29) is 10.5 Å². The van der Waals surface area contributed by atoms with E-state index < -0.39 is 16.4 Å². The average molecular weight is 221 g/mol. The molecule has 0 bridgehead atoms. The van der Waals surface area contributed by atoms with Crippen molar-refractivity contribution in [2.75, 3.05) is 0 Å². The van der Waals surface area contributed by atoms with Crippen molar-refractivity contribution in [2.24, 2.45) is 5.14 Å². The minimum atomic E-state index is -3.91. The van der Waals surface area contributed by atoms with Crippen LogP contribution in [0, 0.1) is 6.92 Å². The molecule has 0 amide bonds. The Morgan fingerprint density at radius 3 is 2.29 bits per heavy atom. The minimum absolute atomic E-state index is 0.284. The monoisotopic (exact) mass is 221 g/mol. The molecule has 14 heavy (non-hydrogen) atoms. The van der Waals surface area contributed by atoms with Gasteiger partial charge in [-0.25, -0.2) is 22.3 Å². The maximum atomic E-state index is 12.3. The van der Waals surface area contributed by atoms with E-state index >= 15 is 0 Å². The molecule has 0 heterocycles. The molecule has 0 fully saturated rings. The van der Waals surface area contributed by atoms with Crippen LogP contribution in [0.4, 0.5) is 8.78 Å². The Kier molecular flexibility index (Phi) is 2.86. The molecule has 0 spiro atoms. The predicted molar refractivity (Wildman–Crippen MR) is 47.5 cm³/mol. The SMILES string of the molecule is Cc1cc(C(F)F)cc(S(N)(=O)=O)c1. The van der Waals surface area contributed by atoms with Crippen molar-refractivity contribution in [3.8, 4) is 0 Å². The Balaban J connectivity index is 3.35. The van der Waals surface area contributed by atoms with Gasteiger partial charge in [0, 0.05) is 5.56 Å². The second kappa shape index (κ2) is 3.62. The average Bonchev–Trinajstić information content (AvgIpc) is 2.01. The third-order valence-electron chi connectivity index (χ3n) is 1.65. The smallest absolute Gasteiger partial charge is 0.225 e. The summed E-state index contributed by atoms with van der Waals surface area (Å²) in [6.45, 7) is 1.53. The molecule has 0 aromatic heterocycles. The quantitative estimate of drug-likeness (QED) is 0.824. The zero-order chi connectivity index (χ0) is 10.9. The molecule has 0 saturated carbocycles. The summed E-state index contributed by atoms with van der Waals surface area (Å²) >= 11 is 0. The largest absolute Gasteiger partial charge is 0.263 e. The van der Waals surface area contributed by atoms with Crippen molar-refractivity contribution in [2.45, 2.75) is 18.2 Å². The van der Waals surface area contributed by atoms with Gasteiger partial charge in [0.1, 0.15) is 0 Å². The Hall–Kier alpha value is -1.01. The van der Waals surface area contributed by atoms with Gasteiger partial charge in [-0.1, -0.05) is 6.07 Å². The lowest BCUT2D eigenvalue weighted by molar-refractivity contribution is 0.151. The number of alkyl halides is 2. The van der Waals surface area contributed by atoms with E-state index in [1.807, 2.05) is 0 Å². The highest BCUT2D eigenvalue weighted by molar-refractivity contribution is 7.89. The van der Waals surface area contributed by atoms with Gasteiger partial charge in [-0.05, 0) is 24.6 Å². The third kappa shape index (κ3) is 2.49. The maximum absolute atomic E-state index is 12.3. The molecule has 78 valence electrons. The van der Waals surface area contributed by atoms with Crippen LogP contribution in [0.3, 0.4) is 0 Å². The summed E-state index contributed by atoms with van der Waals surface area (Å²) in [5.74, 6) is 0. The summed E-state index contributed by atoms with van der Waals surface area (Å²) in [5.41, 5.74) is 0.0980. The molecule has 1 aromatic rings. The van der Waals surface area contributed by atoms with Crippen LogP contribution in [0.25, 0.3) is 0 Å². The molecule has 0 aliphatic heterocycles. The number of hydrogen-bond donors (Lipinski definition) is 1. The van der Waals surface area contributed by atoms with Crippen molar-refractivity contribution in [1.29, 1.82) is 0 Å².